The van der Waals surface area contributed by atoms with E-state index in [0.29, 0.717) is 35.4 Å². The maximum absolute atomic E-state index is 13.6. The zero-order valence-electron chi connectivity index (χ0n) is 20.1. The molecule has 11 heteroatoms. The van der Waals surface area contributed by atoms with Crippen LogP contribution in [0.3, 0.4) is 0 Å². The molecule has 1 fully saturated rings. The Hall–Kier alpha value is -2.31. The van der Waals surface area contributed by atoms with E-state index in [9.17, 15) is 4.79 Å². The number of fused-ring (bicyclic) bond motifs is 1. The van der Waals surface area contributed by atoms with E-state index in [4.69, 9.17) is 19.0 Å². The van der Waals surface area contributed by atoms with Crippen molar-refractivity contribution in [3.8, 4) is 0 Å². The average Bonchev–Trinajstić information content (AvgIpc) is 3.55. The van der Waals surface area contributed by atoms with Gasteiger partial charge in [0.2, 0.25) is 5.78 Å². The van der Waals surface area contributed by atoms with Crippen molar-refractivity contribution in [2.75, 3.05) is 18.5 Å². The molecule has 3 atom stereocenters. The number of hydrogen-bond donors (Lipinski definition) is 2. The molecule has 5 rings (SSSR count). The van der Waals surface area contributed by atoms with E-state index in [2.05, 4.69) is 26.8 Å². The smallest absolute Gasteiger partial charge is 0.208 e. The van der Waals surface area contributed by atoms with Crippen LogP contribution in [0.1, 0.15) is 68.3 Å². The highest BCUT2D eigenvalue weighted by Gasteiger charge is 2.31. The zero-order chi connectivity index (χ0) is 24.5. The van der Waals surface area contributed by atoms with Crippen LogP contribution in [-0.2, 0) is 15.5 Å². The van der Waals surface area contributed by atoms with Crippen LogP contribution in [0, 0.1) is 26.7 Å². The molecule has 1 aliphatic carbocycles. The molecular formula is C24H30N6O3S2. The minimum Gasteiger partial charge on any atom is -0.367 e. The molecule has 0 amide bonds. The van der Waals surface area contributed by atoms with Gasteiger partial charge in [0.15, 0.2) is 0 Å². The molecule has 1 saturated carbocycles. The van der Waals surface area contributed by atoms with Gasteiger partial charge in [0.1, 0.15) is 24.1 Å². The number of thiophene rings is 1. The third kappa shape index (κ3) is 4.88. The lowest BCUT2D eigenvalue weighted by Crippen LogP contribution is -2.23. The molecule has 3 N–H and O–H groups in total. The van der Waals surface area contributed by atoms with Gasteiger partial charge >= 0.3 is 0 Å². The minimum atomic E-state index is -0.275. The third-order valence-corrected chi connectivity index (χ3v) is 8.33. The summed E-state index contributed by atoms with van der Waals surface area (Å²) in [5, 5.41) is 8.85. The Morgan fingerprint density at radius 3 is 3.06 bits per heavy atom. The molecule has 9 nitrogen and oxygen atoms in total. The SMILES string of the molecule is Cc1nc2n(c1C)CCOC2c1cc(C(=O)c2cncnc2NC2CCC(COSN)C2)sc1C. The molecule has 186 valence electrons. The molecule has 3 aromatic rings. The first-order valence-corrected chi connectivity index (χ1v) is 13.4. The summed E-state index contributed by atoms with van der Waals surface area (Å²) >= 11 is 2.39. The van der Waals surface area contributed by atoms with Crippen LogP contribution in [0.5, 0.6) is 0 Å². The molecule has 0 radical (unpaired) electrons. The fourth-order valence-corrected chi connectivity index (χ4v) is 6.30. The number of aromatic nitrogens is 4. The predicted molar refractivity (Wildman–Crippen MR) is 136 cm³/mol. The number of aryl methyl sites for hydroxylation is 2. The van der Waals surface area contributed by atoms with Gasteiger partial charge in [-0.25, -0.2) is 15.0 Å². The number of nitrogens with zero attached hydrogens (tertiary/aromatic N) is 4. The van der Waals surface area contributed by atoms with Crippen LogP contribution in [0.25, 0.3) is 0 Å². The highest BCUT2D eigenvalue weighted by molar-refractivity contribution is 7.92. The first kappa shape index (κ1) is 24.4. The van der Waals surface area contributed by atoms with Crippen molar-refractivity contribution >= 4 is 35.2 Å². The second kappa shape index (κ2) is 10.4. The summed E-state index contributed by atoms with van der Waals surface area (Å²) in [4.78, 5) is 28.6. The molecule has 0 bridgehead atoms. The van der Waals surface area contributed by atoms with Crippen molar-refractivity contribution in [2.45, 2.75) is 58.7 Å². The van der Waals surface area contributed by atoms with Crippen molar-refractivity contribution in [2.24, 2.45) is 11.1 Å². The zero-order valence-corrected chi connectivity index (χ0v) is 21.7. The van der Waals surface area contributed by atoms with Crippen molar-refractivity contribution in [3.63, 3.8) is 0 Å². The monoisotopic (exact) mass is 514 g/mol. The second-order valence-corrected chi connectivity index (χ2v) is 10.9. The lowest BCUT2D eigenvalue weighted by molar-refractivity contribution is 0.0423. The van der Waals surface area contributed by atoms with E-state index < -0.39 is 0 Å². The minimum absolute atomic E-state index is 0.0867. The summed E-state index contributed by atoms with van der Waals surface area (Å²) in [5.74, 6) is 1.84. The van der Waals surface area contributed by atoms with Gasteiger partial charge in [-0.05, 0) is 52.0 Å². The topological polar surface area (TPSA) is 117 Å². The number of ether oxygens (including phenoxy) is 1. The maximum Gasteiger partial charge on any atom is 0.208 e. The number of hydrogen-bond acceptors (Lipinski definition) is 10. The number of imidazole rings is 1. The number of carbonyl (C=O) groups is 1. The molecule has 2 aliphatic rings. The van der Waals surface area contributed by atoms with Crippen molar-refractivity contribution in [1.29, 1.82) is 0 Å². The van der Waals surface area contributed by atoms with Gasteiger partial charge in [-0.2, -0.15) is 0 Å². The summed E-state index contributed by atoms with van der Waals surface area (Å²) in [6.45, 7) is 8.18. The van der Waals surface area contributed by atoms with Crippen LogP contribution >= 0.6 is 23.6 Å². The molecule has 0 aromatic carbocycles. The molecule has 3 unspecified atom stereocenters. The van der Waals surface area contributed by atoms with Gasteiger partial charge in [-0.3, -0.25) is 9.93 Å². The first-order valence-electron chi connectivity index (χ1n) is 11.8. The van der Waals surface area contributed by atoms with E-state index in [1.165, 1.54) is 17.7 Å². The van der Waals surface area contributed by atoms with Gasteiger partial charge in [0.05, 0.1) is 41.6 Å². The molecule has 1 aliphatic heterocycles. The molecule has 0 saturated heterocycles. The average molecular weight is 515 g/mol. The summed E-state index contributed by atoms with van der Waals surface area (Å²) in [6, 6.07) is 2.18. The molecular weight excluding hydrogens is 484 g/mol. The van der Waals surface area contributed by atoms with Gasteiger partial charge < -0.3 is 18.8 Å². The fourth-order valence-electron chi connectivity index (χ4n) is 5.03. The largest absolute Gasteiger partial charge is 0.367 e. The summed E-state index contributed by atoms with van der Waals surface area (Å²) in [5.41, 5.74) is 3.65. The Labute approximate surface area is 213 Å². The number of rotatable bonds is 8. The summed E-state index contributed by atoms with van der Waals surface area (Å²) in [7, 11) is 0. The standard InChI is InChI=1S/C24H30N6O3S2/c1-13-14(2)30-6-7-32-22(24(30)28-13)18-9-20(34-15(18)3)21(31)19-10-26-12-27-23(19)29-17-5-4-16(8-17)11-33-35-25/h9-10,12,16-17,22H,4-8,11,25H2,1-3H3,(H,26,27,29). The lowest BCUT2D eigenvalue weighted by atomic mass is 10.1. The lowest BCUT2D eigenvalue weighted by Gasteiger charge is -2.25. The van der Waals surface area contributed by atoms with E-state index in [1.807, 2.05) is 19.9 Å². The first-order chi connectivity index (χ1) is 17.0. The predicted octanol–water partition coefficient (Wildman–Crippen LogP) is 4.13. The Morgan fingerprint density at radius 1 is 1.37 bits per heavy atom. The second-order valence-electron chi connectivity index (χ2n) is 9.18. The highest BCUT2D eigenvalue weighted by atomic mass is 32.2. The number of nitrogens with one attached hydrogen (secondary N) is 1. The number of ketones is 1. The normalized spacial score (nSPS) is 21.8. The van der Waals surface area contributed by atoms with E-state index in [0.717, 1.165) is 65.7 Å². The van der Waals surface area contributed by atoms with Gasteiger partial charge in [-0.15, -0.1) is 11.3 Å². The van der Waals surface area contributed by atoms with Crippen LogP contribution in [-0.4, -0.2) is 44.6 Å². The van der Waals surface area contributed by atoms with Crippen LogP contribution in [0.2, 0.25) is 0 Å². The molecule has 35 heavy (non-hydrogen) atoms. The van der Waals surface area contributed by atoms with Crippen LogP contribution in [0.4, 0.5) is 5.82 Å². The molecule has 4 heterocycles. The van der Waals surface area contributed by atoms with E-state index >= 15 is 0 Å². The quantitative estimate of drug-likeness (QED) is 0.260. The third-order valence-electron chi connectivity index (χ3n) is 6.99. The Bertz CT molecular complexity index is 1230. The summed E-state index contributed by atoms with van der Waals surface area (Å²) < 4.78 is 13.7. The van der Waals surface area contributed by atoms with Crippen molar-refractivity contribution < 1.29 is 13.7 Å². The number of nitrogens with two attached hydrogens (primary N) is 1. The number of carbonyl (C=O) groups excluding carboxylic acids is 1. The van der Waals surface area contributed by atoms with Crippen LogP contribution < -0.4 is 10.5 Å². The van der Waals surface area contributed by atoms with Gasteiger partial charge in [0, 0.05) is 34.9 Å². The van der Waals surface area contributed by atoms with Crippen molar-refractivity contribution in [1.82, 2.24) is 19.5 Å². The molecule has 0 spiro atoms. The van der Waals surface area contributed by atoms with Crippen molar-refractivity contribution in [3.05, 3.63) is 56.7 Å². The van der Waals surface area contributed by atoms with E-state index in [1.54, 1.807) is 6.20 Å². The van der Waals surface area contributed by atoms with Gasteiger partial charge in [-0.1, -0.05) is 0 Å². The highest BCUT2D eigenvalue weighted by Crippen LogP contribution is 2.37. The fraction of sp³-hybridized carbons (Fsp3) is 0.500. The summed E-state index contributed by atoms with van der Waals surface area (Å²) in [6.07, 6.45) is 5.80. The molecule has 3 aromatic heterocycles. The number of anilines is 1. The maximum atomic E-state index is 13.6. The Morgan fingerprint density at radius 2 is 2.23 bits per heavy atom. The van der Waals surface area contributed by atoms with Crippen LogP contribution in [0.15, 0.2) is 18.6 Å². The Balaban J connectivity index is 1.37. The van der Waals surface area contributed by atoms with E-state index in [-0.39, 0.29) is 17.9 Å². The van der Waals surface area contributed by atoms with Gasteiger partial charge in [0.25, 0.3) is 0 Å². The Kier molecular flexibility index (Phi) is 7.21.